The smallest absolute Gasteiger partial charge is 0.320 e. The van der Waals surface area contributed by atoms with Crippen LogP contribution in [0.2, 0.25) is 0 Å². The average molecular weight is 366 g/mol. The highest BCUT2D eigenvalue weighted by Crippen LogP contribution is 2.32. The number of carbonyl (C=O) groups is 2. The van der Waals surface area contributed by atoms with Crippen LogP contribution in [0.1, 0.15) is 44.9 Å². The average Bonchev–Trinajstić information content (AvgIpc) is 3.05. The molecule has 6 heteroatoms. The normalized spacial score (nSPS) is 24.3. The number of piperidine rings is 2. The molecule has 0 bridgehead atoms. The zero-order valence-corrected chi connectivity index (χ0v) is 16.3. The quantitative estimate of drug-likeness (QED) is 0.507. The Balaban J connectivity index is 1.25. The van der Waals surface area contributed by atoms with Crippen LogP contribution in [0.3, 0.4) is 0 Å². The van der Waals surface area contributed by atoms with E-state index in [9.17, 15) is 9.59 Å². The van der Waals surface area contributed by atoms with E-state index in [1.54, 1.807) is 0 Å². The first-order chi connectivity index (χ1) is 12.6. The maximum atomic E-state index is 12.0. The van der Waals surface area contributed by atoms with Gasteiger partial charge in [0.2, 0.25) is 5.91 Å². The van der Waals surface area contributed by atoms with E-state index in [-0.39, 0.29) is 11.9 Å². The predicted octanol–water partition coefficient (Wildman–Crippen LogP) is 1.60. The summed E-state index contributed by atoms with van der Waals surface area (Å²) in [7, 11) is 2.22. The Bertz CT molecular complexity index is 469. The largest absolute Gasteiger partial charge is 0.465 e. The minimum atomic E-state index is -0.115. The van der Waals surface area contributed by atoms with Gasteiger partial charge in [-0.2, -0.15) is 0 Å². The van der Waals surface area contributed by atoms with E-state index >= 15 is 0 Å². The molecule has 3 aliphatic rings. The standard InChI is InChI=1S/C20H35N3O3/c1-21-11-5-17(6-12-21)18-7-13-22(14-8-18)16-20(25)26-15-3-10-23-9-2-4-19(23)24/h17-18H,2-16H2,1H3. The molecule has 6 nitrogen and oxygen atoms in total. The predicted molar refractivity (Wildman–Crippen MR) is 101 cm³/mol. The number of ether oxygens (including phenoxy) is 1. The second-order valence-corrected chi connectivity index (χ2v) is 8.31. The van der Waals surface area contributed by atoms with Crippen molar-refractivity contribution in [3.8, 4) is 0 Å². The minimum absolute atomic E-state index is 0.115. The minimum Gasteiger partial charge on any atom is -0.465 e. The van der Waals surface area contributed by atoms with Gasteiger partial charge in [0.25, 0.3) is 0 Å². The van der Waals surface area contributed by atoms with Crippen molar-refractivity contribution in [3.63, 3.8) is 0 Å². The lowest BCUT2D eigenvalue weighted by Gasteiger charge is -2.39. The summed E-state index contributed by atoms with van der Waals surface area (Å²) in [6, 6.07) is 0. The SMILES string of the molecule is CN1CCC(C2CCN(CC(=O)OCCCN3CCCC3=O)CC2)CC1. The number of carbonyl (C=O) groups excluding carboxylic acids is 2. The number of likely N-dealkylation sites (tertiary alicyclic amines) is 3. The third kappa shape index (κ3) is 5.68. The number of esters is 1. The summed E-state index contributed by atoms with van der Waals surface area (Å²) in [6.07, 6.45) is 7.50. The zero-order chi connectivity index (χ0) is 18.4. The molecule has 0 unspecified atom stereocenters. The molecule has 0 atom stereocenters. The highest BCUT2D eigenvalue weighted by molar-refractivity contribution is 5.78. The van der Waals surface area contributed by atoms with Gasteiger partial charge in [-0.3, -0.25) is 14.5 Å². The first-order valence-electron chi connectivity index (χ1n) is 10.5. The third-order valence-corrected chi connectivity index (χ3v) is 6.42. The molecule has 0 N–H and O–H groups in total. The number of nitrogens with zero attached hydrogens (tertiary/aromatic N) is 3. The fraction of sp³-hybridized carbons (Fsp3) is 0.900. The van der Waals surface area contributed by atoms with E-state index in [0.717, 1.165) is 44.3 Å². The molecule has 3 heterocycles. The molecule has 148 valence electrons. The van der Waals surface area contributed by atoms with E-state index < -0.39 is 0 Å². The molecule has 0 aromatic heterocycles. The Hall–Kier alpha value is -1.14. The van der Waals surface area contributed by atoms with Crippen LogP contribution in [0, 0.1) is 11.8 Å². The molecule has 0 spiro atoms. The monoisotopic (exact) mass is 365 g/mol. The second-order valence-electron chi connectivity index (χ2n) is 8.31. The van der Waals surface area contributed by atoms with Gasteiger partial charge in [0.15, 0.2) is 0 Å². The van der Waals surface area contributed by atoms with Gasteiger partial charge in [0.1, 0.15) is 0 Å². The fourth-order valence-corrected chi connectivity index (χ4v) is 4.69. The van der Waals surface area contributed by atoms with Gasteiger partial charge >= 0.3 is 5.97 Å². The topological polar surface area (TPSA) is 53.1 Å². The Labute approximate surface area is 157 Å². The van der Waals surface area contributed by atoms with E-state index in [2.05, 4.69) is 16.8 Å². The fourth-order valence-electron chi connectivity index (χ4n) is 4.69. The van der Waals surface area contributed by atoms with Gasteiger partial charge in [-0.05, 0) is 83.6 Å². The maximum Gasteiger partial charge on any atom is 0.320 e. The first-order valence-corrected chi connectivity index (χ1v) is 10.5. The van der Waals surface area contributed by atoms with E-state index in [1.165, 1.54) is 38.8 Å². The number of rotatable bonds is 7. The highest BCUT2D eigenvalue weighted by atomic mass is 16.5. The van der Waals surface area contributed by atoms with Crippen molar-refractivity contribution in [2.24, 2.45) is 11.8 Å². The van der Waals surface area contributed by atoms with E-state index in [0.29, 0.717) is 26.1 Å². The maximum absolute atomic E-state index is 12.0. The summed E-state index contributed by atoms with van der Waals surface area (Å²) in [6.45, 7) is 6.94. The van der Waals surface area contributed by atoms with Gasteiger partial charge in [0, 0.05) is 19.5 Å². The van der Waals surface area contributed by atoms with Crippen LogP contribution in [-0.4, -0.2) is 86.0 Å². The summed E-state index contributed by atoms with van der Waals surface area (Å²) < 4.78 is 5.37. The molecule has 3 saturated heterocycles. The lowest BCUT2D eigenvalue weighted by Crippen LogP contribution is -2.41. The molecule has 26 heavy (non-hydrogen) atoms. The molecule has 0 aromatic carbocycles. The van der Waals surface area contributed by atoms with Crippen LogP contribution in [0.15, 0.2) is 0 Å². The summed E-state index contributed by atoms with van der Waals surface area (Å²) in [5, 5.41) is 0. The zero-order valence-electron chi connectivity index (χ0n) is 16.3. The van der Waals surface area contributed by atoms with Crippen molar-refractivity contribution >= 4 is 11.9 Å². The lowest BCUT2D eigenvalue weighted by molar-refractivity contribution is -0.145. The summed E-state index contributed by atoms with van der Waals surface area (Å²) in [5.74, 6) is 1.85. The van der Waals surface area contributed by atoms with Crippen LogP contribution < -0.4 is 0 Å². The lowest BCUT2D eigenvalue weighted by atomic mass is 9.79. The van der Waals surface area contributed by atoms with Gasteiger partial charge < -0.3 is 14.5 Å². The van der Waals surface area contributed by atoms with Crippen molar-refractivity contribution in [2.45, 2.75) is 44.9 Å². The molecule has 1 amide bonds. The molecular weight excluding hydrogens is 330 g/mol. The van der Waals surface area contributed by atoms with Crippen molar-refractivity contribution in [1.29, 1.82) is 0 Å². The number of amides is 1. The Morgan fingerprint density at radius 2 is 1.69 bits per heavy atom. The van der Waals surface area contributed by atoms with Crippen LogP contribution in [0.25, 0.3) is 0 Å². The summed E-state index contributed by atoms with van der Waals surface area (Å²) in [4.78, 5) is 30.1. The van der Waals surface area contributed by atoms with Crippen LogP contribution >= 0.6 is 0 Å². The van der Waals surface area contributed by atoms with Crippen LogP contribution in [0.4, 0.5) is 0 Å². The number of hydrogen-bond donors (Lipinski definition) is 0. The van der Waals surface area contributed by atoms with Gasteiger partial charge in [-0.25, -0.2) is 0 Å². The highest BCUT2D eigenvalue weighted by Gasteiger charge is 2.29. The van der Waals surface area contributed by atoms with Gasteiger partial charge in [-0.1, -0.05) is 0 Å². The van der Waals surface area contributed by atoms with Gasteiger partial charge in [0.05, 0.1) is 13.2 Å². The Morgan fingerprint density at radius 1 is 1.04 bits per heavy atom. The summed E-state index contributed by atoms with van der Waals surface area (Å²) in [5.41, 5.74) is 0. The van der Waals surface area contributed by atoms with Gasteiger partial charge in [-0.15, -0.1) is 0 Å². The number of hydrogen-bond acceptors (Lipinski definition) is 5. The van der Waals surface area contributed by atoms with Crippen molar-refractivity contribution in [1.82, 2.24) is 14.7 Å². The molecular formula is C20H35N3O3. The molecule has 0 aromatic rings. The van der Waals surface area contributed by atoms with Crippen molar-refractivity contribution < 1.29 is 14.3 Å². The molecule has 3 fully saturated rings. The molecule has 3 rings (SSSR count). The Kier molecular flexibility index (Phi) is 7.32. The second kappa shape index (κ2) is 9.70. The van der Waals surface area contributed by atoms with Crippen LogP contribution in [0.5, 0.6) is 0 Å². The molecule has 0 radical (unpaired) electrons. The third-order valence-electron chi connectivity index (χ3n) is 6.42. The molecule has 0 saturated carbocycles. The first kappa shape index (κ1) is 19.6. The Morgan fingerprint density at radius 3 is 2.31 bits per heavy atom. The van der Waals surface area contributed by atoms with E-state index in [4.69, 9.17) is 4.74 Å². The summed E-state index contributed by atoms with van der Waals surface area (Å²) >= 11 is 0. The van der Waals surface area contributed by atoms with E-state index in [1.807, 2.05) is 4.90 Å². The van der Waals surface area contributed by atoms with Crippen LogP contribution in [-0.2, 0) is 14.3 Å². The molecule has 0 aliphatic carbocycles. The molecule has 3 aliphatic heterocycles. The van der Waals surface area contributed by atoms with Crippen molar-refractivity contribution in [3.05, 3.63) is 0 Å². The van der Waals surface area contributed by atoms with Crippen molar-refractivity contribution in [2.75, 3.05) is 59.5 Å².